The SMILES string of the molecule is COCC1(C(=O)NCc2cc3ccc(F)cc3[nH]c2=O)CCC1. The summed E-state index contributed by atoms with van der Waals surface area (Å²) in [5.41, 5.74) is 0.115. The van der Waals surface area contributed by atoms with Crippen LogP contribution in [-0.4, -0.2) is 24.6 Å². The molecule has 1 aromatic carbocycles. The molecular formula is C17H19FN2O3. The molecule has 0 bridgehead atoms. The van der Waals surface area contributed by atoms with Crippen LogP contribution in [0.2, 0.25) is 0 Å². The molecule has 0 saturated heterocycles. The number of nitrogens with one attached hydrogen (secondary N) is 2. The van der Waals surface area contributed by atoms with Crippen LogP contribution in [0.5, 0.6) is 0 Å². The highest BCUT2D eigenvalue weighted by Crippen LogP contribution is 2.41. The maximum atomic E-state index is 13.2. The Kier molecular flexibility index (Phi) is 4.17. The van der Waals surface area contributed by atoms with Crippen LogP contribution >= 0.6 is 0 Å². The fourth-order valence-corrected chi connectivity index (χ4v) is 3.03. The maximum absolute atomic E-state index is 13.2. The number of aromatic nitrogens is 1. The van der Waals surface area contributed by atoms with E-state index in [2.05, 4.69) is 10.3 Å². The number of H-pyrrole nitrogens is 1. The summed E-state index contributed by atoms with van der Waals surface area (Å²) in [6.07, 6.45) is 2.62. The molecule has 0 atom stereocenters. The number of aromatic amines is 1. The molecule has 0 unspecified atom stereocenters. The average Bonchev–Trinajstić information content (AvgIpc) is 2.48. The number of benzene rings is 1. The first-order valence-electron chi connectivity index (χ1n) is 7.63. The van der Waals surface area contributed by atoms with Gasteiger partial charge in [-0.1, -0.05) is 6.42 Å². The van der Waals surface area contributed by atoms with Gasteiger partial charge in [-0.25, -0.2) is 4.39 Å². The number of amides is 1. The molecule has 1 aromatic heterocycles. The lowest BCUT2D eigenvalue weighted by Gasteiger charge is -2.39. The minimum absolute atomic E-state index is 0.0794. The predicted octanol–water partition coefficient (Wildman–Crippen LogP) is 2.10. The van der Waals surface area contributed by atoms with Gasteiger partial charge >= 0.3 is 0 Å². The van der Waals surface area contributed by atoms with Crippen LogP contribution < -0.4 is 10.9 Å². The van der Waals surface area contributed by atoms with E-state index in [4.69, 9.17) is 4.74 Å². The van der Waals surface area contributed by atoms with E-state index in [1.54, 1.807) is 19.2 Å². The number of methoxy groups -OCH3 is 1. The first kappa shape index (κ1) is 15.7. The van der Waals surface area contributed by atoms with Crippen molar-refractivity contribution in [3.05, 3.63) is 46.0 Å². The van der Waals surface area contributed by atoms with Gasteiger partial charge in [-0.05, 0) is 42.5 Å². The second-order valence-corrected chi connectivity index (χ2v) is 6.10. The summed E-state index contributed by atoms with van der Waals surface area (Å²) in [7, 11) is 1.58. The molecule has 23 heavy (non-hydrogen) atoms. The number of hydrogen-bond acceptors (Lipinski definition) is 3. The molecule has 1 heterocycles. The van der Waals surface area contributed by atoms with Gasteiger partial charge in [0, 0.05) is 19.2 Å². The maximum Gasteiger partial charge on any atom is 0.253 e. The summed E-state index contributed by atoms with van der Waals surface area (Å²) < 4.78 is 18.3. The van der Waals surface area contributed by atoms with E-state index in [-0.39, 0.29) is 18.0 Å². The highest BCUT2D eigenvalue weighted by atomic mass is 19.1. The van der Waals surface area contributed by atoms with Crippen LogP contribution in [0.4, 0.5) is 4.39 Å². The molecule has 1 amide bonds. The summed E-state index contributed by atoms with van der Waals surface area (Å²) in [4.78, 5) is 27.1. The monoisotopic (exact) mass is 318 g/mol. The van der Waals surface area contributed by atoms with E-state index < -0.39 is 11.2 Å². The lowest BCUT2D eigenvalue weighted by atomic mass is 9.68. The fraction of sp³-hybridized carbons (Fsp3) is 0.412. The van der Waals surface area contributed by atoms with Crippen LogP contribution in [-0.2, 0) is 16.1 Å². The zero-order valence-electron chi connectivity index (χ0n) is 12.9. The van der Waals surface area contributed by atoms with Crippen LogP contribution in [0.3, 0.4) is 0 Å². The van der Waals surface area contributed by atoms with Gasteiger partial charge in [0.2, 0.25) is 5.91 Å². The van der Waals surface area contributed by atoms with Crippen LogP contribution in [0.1, 0.15) is 24.8 Å². The van der Waals surface area contributed by atoms with E-state index in [0.717, 1.165) is 24.6 Å². The number of carbonyl (C=O) groups excluding carboxylic acids is 1. The average molecular weight is 318 g/mol. The van der Waals surface area contributed by atoms with Gasteiger partial charge in [0.15, 0.2) is 0 Å². The standard InChI is InChI=1S/C17H19FN2O3/c1-23-10-17(5-2-6-17)16(22)19-9-12-7-11-3-4-13(18)8-14(11)20-15(12)21/h3-4,7-8H,2,5-6,9-10H2,1H3,(H,19,22)(H,20,21). The predicted molar refractivity (Wildman–Crippen MR) is 84.5 cm³/mol. The Bertz CT molecular complexity index is 796. The number of hydrogen-bond donors (Lipinski definition) is 2. The molecule has 5 nitrogen and oxygen atoms in total. The van der Waals surface area contributed by atoms with E-state index in [0.29, 0.717) is 17.7 Å². The van der Waals surface area contributed by atoms with E-state index >= 15 is 0 Å². The van der Waals surface area contributed by atoms with Crippen molar-refractivity contribution >= 4 is 16.8 Å². The Morgan fingerprint density at radius 1 is 1.39 bits per heavy atom. The molecule has 1 aliphatic carbocycles. The van der Waals surface area contributed by atoms with E-state index in [1.165, 1.54) is 12.1 Å². The zero-order valence-corrected chi connectivity index (χ0v) is 12.9. The Balaban J connectivity index is 1.76. The Morgan fingerprint density at radius 3 is 2.83 bits per heavy atom. The number of ether oxygens (including phenoxy) is 1. The molecular weight excluding hydrogens is 299 g/mol. The van der Waals surface area contributed by atoms with Crippen LogP contribution in [0.25, 0.3) is 10.9 Å². The van der Waals surface area contributed by atoms with Gasteiger partial charge in [0.1, 0.15) is 5.82 Å². The number of carbonyl (C=O) groups is 1. The van der Waals surface area contributed by atoms with Crippen LogP contribution in [0.15, 0.2) is 29.1 Å². The number of rotatable bonds is 5. The van der Waals surface area contributed by atoms with Gasteiger partial charge < -0.3 is 15.0 Å². The Labute approximate surface area is 132 Å². The fourth-order valence-electron chi connectivity index (χ4n) is 3.03. The van der Waals surface area contributed by atoms with E-state index in [9.17, 15) is 14.0 Å². The molecule has 1 saturated carbocycles. The third-order valence-electron chi connectivity index (χ3n) is 4.54. The zero-order chi connectivity index (χ0) is 16.4. The van der Waals surface area contributed by atoms with Gasteiger partial charge in [-0.2, -0.15) is 0 Å². The molecule has 6 heteroatoms. The first-order chi connectivity index (χ1) is 11.0. The van der Waals surface area contributed by atoms with Gasteiger partial charge in [0.25, 0.3) is 5.56 Å². The first-order valence-corrected chi connectivity index (χ1v) is 7.63. The second kappa shape index (κ2) is 6.12. The largest absolute Gasteiger partial charge is 0.384 e. The summed E-state index contributed by atoms with van der Waals surface area (Å²) in [5.74, 6) is -0.482. The van der Waals surface area contributed by atoms with Crippen molar-refractivity contribution in [1.29, 1.82) is 0 Å². The van der Waals surface area contributed by atoms with Crippen molar-refractivity contribution in [2.24, 2.45) is 5.41 Å². The van der Waals surface area contributed by atoms with Gasteiger partial charge in [0.05, 0.1) is 17.5 Å². The van der Waals surface area contributed by atoms with Crippen molar-refractivity contribution < 1.29 is 13.9 Å². The topological polar surface area (TPSA) is 71.2 Å². The van der Waals surface area contributed by atoms with Crippen molar-refractivity contribution in [3.8, 4) is 0 Å². The van der Waals surface area contributed by atoms with Crippen molar-refractivity contribution in [3.63, 3.8) is 0 Å². The van der Waals surface area contributed by atoms with Crippen molar-refractivity contribution in [1.82, 2.24) is 10.3 Å². The minimum Gasteiger partial charge on any atom is -0.384 e. The normalized spacial score (nSPS) is 16.1. The van der Waals surface area contributed by atoms with Crippen molar-refractivity contribution in [2.45, 2.75) is 25.8 Å². The van der Waals surface area contributed by atoms with Gasteiger partial charge in [-0.3, -0.25) is 9.59 Å². The lowest BCUT2D eigenvalue weighted by molar-refractivity contribution is -0.140. The minimum atomic E-state index is -0.457. The van der Waals surface area contributed by atoms with Crippen LogP contribution in [0, 0.1) is 11.2 Å². The second-order valence-electron chi connectivity index (χ2n) is 6.10. The third-order valence-corrected chi connectivity index (χ3v) is 4.54. The van der Waals surface area contributed by atoms with Crippen molar-refractivity contribution in [2.75, 3.05) is 13.7 Å². The number of halogens is 1. The molecule has 122 valence electrons. The van der Waals surface area contributed by atoms with E-state index in [1.807, 2.05) is 0 Å². The highest BCUT2D eigenvalue weighted by Gasteiger charge is 2.43. The summed E-state index contributed by atoms with van der Waals surface area (Å²) in [6, 6.07) is 5.90. The molecule has 3 rings (SSSR count). The quantitative estimate of drug-likeness (QED) is 0.887. The molecule has 2 N–H and O–H groups in total. The Morgan fingerprint density at radius 2 is 2.17 bits per heavy atom. The molecule has 0 spiro atoms. The lowest BCUT2D eigenvalue weighted by Crippen LogP contribution is -2.48. The molecule has 1 aliphatic rings. The molecule has 0 aliphatic heterocycles. The molecule has 2 aromatic rings. The summed E-state index contributed by atoms with van der Waals surface area (Å²) in [6.45, 7) is 0.541. The smallest absolute Gasteiger partial charge is 0.253 e. The Hall–Kier alpha value is -2.21. The highest BCUT2D eigenvalue weighted by molar-refractivity contribution is 5.84. The number of fused-ring (bicyclic) bond motifs is 1. The molecule has 1 fully saturated rings. The van der Waals surface area contributed by atoms with Gasteiger partial charge in [-0.15, -0.1) is 0 Å². The molecule has 0 radical (unpaired) electrons. The third kappa shape index (κ3) is 2.99. The number of pyridine rings is 1. The summed E-state index contributed by atoms with van der Waals surface area (Å²) in [5, 5.41) is 3.56. The summed E-state index contributed by atoms with van der Waals surface area (Å²) >= 11 is 0.